The van der Waals surface area contributed by atoms with Crippen LogP contribution in [0.2, 0.25) is 0 Å². The Morgan fingerprint density at radius 3 is 2.31 bits per heavy atom. The third-order valence-corrected chi connectivity index (χ3v) is 3.82. The minimum atomic E-state index is -1.52. The lowest BCUT2D eigenvalue weighted by atomic mass is 10.2. The minimum Gasteiger partial charge on any atom is -0.336 e. The molecule has 6 heteroatoms. The summed E-state index contributed by atoms with van der Waals surface area (Å²) >= 11 is 18.5. The molecule has 1 aromatic rings. The normalized spacial score (nSPS) is 13.2. The quantitative estimate of drug-likeness (QED) is 0.684. The van der Waals surface area contributed by atoms with Gasteiger partial charge < -0.3 is 5.32 Å². The molecule has 1 aromatic carbocycles. The van der Waals surface area contributed by atoms with Crippen molar-refractivity contribution in [2.45, 2.75) is 9.17 Å². The third kappa shape index (κ3) is 4.06. The van der Waals surface area contributed by atoms with E-state index in [1.165, 1.54) is 11.8 Å². The van der Waals surface area contributed by atoms with Crippen LogP contribution < -0.4 is 5.32 Å². The van der Waals surface area contributed by atoms with Crippen LogP contribution in [0, 0.1) is 0 Å². The SMILES string of the molecule is CSC(NC(=O)c1ccccc1)C(Cl)(Cl)Cl. The number of carbonyl (C=O) groups excluding carboxylic acids is 1. The molecule has 1 unspecified atom stereocenters. The maximum atomic E-state index is 11.8. The van der Waals surface area contributed by atoms with E-state index in [2.05, 4.69) is 5.32 Å². The van der Waals surface area contributed by atoms with E-state index in [4.69, 9.17) is 34.8 Å². The zero-order chi connectivity index (χ0) is 12.2. The molecule has 0 spiro atoms. The van der Waals surface area contributed by atoms with Crippen molar-refractivity contribution in [1.29, 1.82) is 0 Å². The van der Waals surface area contributed by atoms with Crippen LogP contribution in [0.15, 0.2) is 30.3 Å². The van der Waals surface area contributed by atoms with Crippen molar-refractivity contribution in [2.24, 2.45) is 0 Å². The molecule has 2 nitrogen and oxygen atoms in total. The average Bonchev–Trinajstić information content (AvgIpc) is 2.25. The maximum absolute atomic E-state index is 11.8. The van der Waals surface area contributed by atoms with Gasteiger partial charge >= 0.3 is 0 Å². The Kier molecular flexibility index (Phi) is 5.25. The van der Waals surface area contributed by atoms with Crippen molar-refractivity contribution >= 4 is 52.5 Å². The molecule has 0 aliphatic rings. The van der Waals surface area contributed by atoms with Gasteiger partial charge in [0.25, 0.3) is 5.91 Å². The number of hydrogen-bond acceptors (Lipinski definition) is 2. The second kappa shape index (κ2) is 6.01. The average molecular weight is 299 g/mol. The van der Waals surface area contributed by atoms with Crippen LogP contribution in [0.1, 0.15) is 10.4 Å². The molecule has 0 heterocycles. The van der Waals surface area contributed by atoms with E-state index in [1.54, 1.807) is 30.5 Å². The molecule has 0 saturated carbocycles. The molecular weight excluding hydrogens is 289 g/mol. The first kappa shape index (κ1) is 14.0. The minimum absolute atomic E-state index is 0.258. The summed E-state index contributed by atoms with van der Waals surface area (Å²) in [5, 5.41) is 2.07. The number of hydrogen-bond donors (Lipinski definition) is 1. The fourth-order valence-electron chi connectivity index (χ4n) is 1.07. The highest BCUT2D eigenvalue weighted by atomic mass is 35.6. The fourth-order valence-corrected chi connectivity index (χ4v) is 2.52. The highest BCUT2D eigenvalue weighted by molar-refractivity contribution is 7.99. The largest absolute Gasteiger partial charge is 0.336 e. The summed E-state index contributed by atoms with van der Waals surface area (Å²) < 4.78 is -1.52. The first-order chi connectivity index (χ1) is 7.45. The Morgan fingerprint density at radius 2 is 1.88 bits per heavy atom. The zero-order valence-corrected chi connectivity index (χ0v) is 11.5. The molecule has 88 valence electrons. The van der Waals surface area contributed by atoms with Crippen molar-refractivity contribution < 1.29 is 4.79 Å². The predicted octanol–water partition coefficient (Wildman–Crippen LogP) is 3.48. The van der Waals surface area contributed by atoms with Crippen LogP contribution in [-0.4, -0.2) is 21.3 Å². The van der Waals surface area contributed by atoms with Crippen LogP contribution in [0.5, 0.6) is 0 Å². The topological polar surface area (TPSA) is 29.1 Å². The molecule has 0 radical (unpaired) electrons. The number of amides is 1. The number of benzene rings is 1. The molecule has 0 bridgehead atoms. The highest BCUT2D eigenvalue weighted by Crippen LogP contribution is 2.35. The molecule has 1 atom stereocenters. The smallest absolute Gasteiger partial charge is 0.252 e. The molecule has 1 rings (SSSR count). The van der Waals surface area contributed by atoms with Gasteiger partial charge in [-0.1, -0.05) is 53.0 Å². The summed E-state index contributed by atoms with van der Waals surface area (Å²) in [7, 11) is 0. The summed E-state index contributed by atoms with van der Waals surface area (Å²) in [5.74, 6) is -0.258. The van der Waals surface area contributed by atoms with Gasteiger partial charge in [-0.25, -0.2) is 0 Å². The van der Waals surface area contributed by atoms with Crippen molar-refractivity contribution in [1.82, 2.24) is 5.32 Å². The van der Waals surface area contributed by atoms with Crippen LogP contribution in [-0.2, 0) is 0 Å². The summed E-state index contributed by atoms with van der Waals surface area (Å²) in [5.41, 5.74) is 0.538. The van der Waals surface area contributed by atoms with Gasteiger partial charge in [0.15, 0.2) is 0 Å². The Morgan fingerprint density at radius 1 is 1.31 bits per heavy atom. The third-order valence-electron chi connectivity index (χ3n) is 1.83. The number of halogens is 3. The summed E-state index contributed by atoms with van der Waals surface area (Å²) in [6.45, 7) is 0. The van der Waals surface area contributed by atoms with Crippen molar-refractivity contribution in [2.75, 3.05) is 6.26 Å². The van der Waals surface area contributed by atoms with E-state index in [0.717, 1.165) is 0 Å². The molecule has 0 aromatic heterocycles. The van der Waals surface area contributed by atoms with Crippen LogP contribution >= 0.6 is 46.6 Å². The monoisotopic (exact) mass is 297 g/mol. The lowest BCUT2D eigenvalue weighted by molar-refractivity contribution is 0.0950. The molecule has 0 fully saturated rings. The fraction of sp³-hybridized carbons (Fsp3) is 0.300. The first-order valence-electron chi connectivity index (χ1n) is 4.40. The summed E-state index contributed by atoms with van der Waals surface area (Å²) in [6, 6.07) is 8.78. The van der Waals surface area contributed by atoms with Crippen LogP contribution in [0.25, 0.3) is 0 Å². The predicted molar refractivity (Wildman–Crippen MR) is 71.5 cm³/mol. The highest BCUT2D eigenvalue weighted by Gasteiger charge is 2.33. The lowest BCUT2D eigenvalue weighted by Crippen LogP contribution is -2.41. The van der Waals surface area contributed by atoms with Gasteiger partial charge in [-0.15, -0.1) is 11.8 Å². The van der Waals surface area contributed by atoms with E-state index in [9.17, 15) is 4.79 Å². The molecule has 1 N–H and O–H groups in total. The molecule has 0 saturated heterocycles. The number of alkyl halides is 3. The van der Waals surface area contributed by atoms with Crippen molar-refractivity contribution in [3.63, 3.8) is 0 Å². The molecular formula is C10H10Cl3NOS. The second-order valence-corrected chi connectivity index (χ2v) is 6.31. The van der Waals surface area contributed by atoms with Gasteiger partial charge in [0.2, 0.25) is 3.79 Å². The van der Waals surface area contributed by atoms with Gasteiger partial charge in [-0.05, 0) is 18.4 Å². The molecule has 16 heavy (non-hydrogen) atoms. The van der Waals surface area contributed by atoms with Crippen LogP contribution in [0.3, 0.4) is 0 Å². The summed E-state index contributed by atoms with van der Waals surface area (Å²) in [4.78, 5) is 11.8. The zero-order valence-electron chi connectivity index (χ0n) is 8.41. The van der Waals surface area contributed by atoms with Gasteiger partial charge in [0.1, 0.15) is 5.37 Å². The lowest BCUT2D eigenvalue weighted by Gasteiger charge is -2.23. The number of nitrogens with one attached hydrogen (secondary N) is 1. The van der Waals surface area contributed by atoms with Crippen LogP contribution in [0.4, 0.5) is 0 Å². The van der Waals surface area contributed by atoms with E-state index in [0.29, 0.717) is 5.56 Å². The van der Waals surface area contributed by atoms with Gasteiger partial charge in [0, 0.05) is 5.56 Å². The first-order valence-corrected chi connectivity index (χ1v) is 6.82. The Bertz CT molecular complexity index is 353. The summed E-state index contributed by atoms with van der Waals surface area (Å²) in [6.07, 6.45) is 1.76. The molecule has 0 aliphatic heterocycles. The van der Waals surface area contributed by atoms with E-state index in [1.807, 2.05) is 6.07 Å². The number of rotatable bonds is 3. The van der Waals surface area contributed by atoms with Gasteiger partial charge in [-0.3, -0.25) is 4.79 Å². The number of thioether (sulfide) groups is 1. The van der Waals surface area contributed by atoms with Crippen molar-refractivity contribution in [3.8, 4) is 0 Å². The van der Waals surface area contributed by atoms with E-state index in [-0.39, 0.29) is 5.91 Å². The van der Waals surface area contributed by atoms with Gasteiger partial charge in [-0.2, -0.15) is 0 Å². The van der Waals surface area contributed by atoms with E-state index >= 15 is 0 Å². The van der Waals surface area contributed by atoms with Crippen molar-refractivity contribution in [3.05, 3.63) is 35.9 Å². The Hall–Kier alpha value is -0.0900. The Balaban J connectivity index is 2.71. The Labute approximate surface area is 114 Å². The van der Waals surface area contributed by atoms with E-state index < -0.39 is 9.17 Å². The molecule has 1 amide bonds. The second-order valence-electron chi connectivity index (χ2n) is 3.00. The standard InChI is InChI=1S/C10H10Cl3NOS/c1-16-9(10(11,12)13)14-8(15)7-5-3-2-4-6-7/h2-6,9H,1H3,(H,14,15). The molecule has 0 aliphatic carbocycles. The van der Waals surface area contributed by atoms with Gasteiger partial charge in [0.05, 0.1) is 0 Å². The number of carbonyl (C=O) groups is 1. The maximum Gasteiger partial charge on any atom is 0.252 e.